The highest BCUT2D eigenvalue weighted by Crippen LogP contribution is 2.30. The van der Waals surface area contributed by atoms with Crippen LogP contribution in [0.3, 0.4) is 0 Å². The highest BCUT2D eigenvalue weighted by Gasteiger charge is 2.23. The summed E-state index contributed by atoms with van der Waals surface area (Å²) in [6.07, 6.45) is 1.75. The number of nitrogens with one attached hydrogen (secondary N) is 1. The van der Waals surface area contributed by atoms with E-state index in [0.717, 1.165) is 27.8 Å². The number of rotatable bonds is 5. The van der Waals surface area contributed by atoms with Crippen molar-refractivity contribution in [3.05, 3.63) is 28.2 Å². The zero-order valence-corrected chi connectivity index (χ0v) is 12.6. The van der Waals surface area contributed by atoms with Crippen LogP contribution in [0.25, 0.3) is 0 Å². The molecule has 0 saturated heterocycles. The summed E-state index contributed by atoms with van der Waals surface area (Å²) in [5.74, 6) is 0.525. The molecule has 0 unspecified atom stereocenters. The molecule has 1 saturated carbocycles. The highest BCUT2D eigenvalue weighted by atomic mass is 79.9. The minimum Gasteiger partial charge on any atom is -0.389 e. The Bertz CT molecular complexity index is 447. The molecule has 5 heteroatoms. The molecule has 1 aromatic carbocycles. The van der Waals surface area contributed by atoms with E-state index < -0.39 is 6.10 Å². The molecule has 1 fully saturated rings. The molecule has 1 aliphatic rings. The van der Waals surface area contributed by atoms with Gasteiger partial charge in [0.25, 0.3) is 0 Å². The molecule has 18 heavy (non-hydrogen) atoms. The summed E-state index contributed by atoms with van der Waals surface area (Å²) in [5.41, 5.74) is 0.869. The normalized spacial score (nSPS) is 16.4. The fourth-order valence-electron chi connectivity index (χ4n) is 1.53. The number of thioether (sulfide) groups is 1. The largest absolute Gasteiger partial charge is 0.389 e. The molecule has 3 nitrogen and oxygen atoms in total. The maximum atomic E-state index is 11.6. The van der Waals surface area contributed by atoms with Crippen LogP contribution in [0.1, 0.15) is 31.4 Å². The Labute approximate surface area is 119 Å². The van der Waals surface area contributed by atoms with Crippen molar-refractivity contribution in [3.63, 3.8) is 0 Å². The smallest absolute Gasteiger partial charge is 0.230 e. The van der Waals surface area contributed by atoms with E-state index in [1.165, 1.54) is 11.8 Å². The number of hydrogen-bond acceptors (Lipinski definition) is 3. The number of carbonyl (C=O) groups is 1. The molecule has 1 aromatic rings. The van der Waals surface area contributed by atoms with Gasteiger partial charge in [-0.3, -0.25) is 4.79 Å². The van der Waals surface area contributed by atoms with Crippen molar-refractivity contribution in [2.75, 3.05) is 5.75 Å². The van der Waals surface area contributed by atoms with Crippen molar-refractivity contribution in [2.24, 2.45) is 0 Å². The van der Waals surface area contributed by atoms with Gasteiger partial charge in [-0.15, -0.1) is 11.8 Å². The van der Waals surface area contributed by atoms with Gasteiger partial charge in [-0.2, -0.15) is 0 Å². The van der Waals surface area contributed by atoms with E-state index in [2.05, 4.69) is 21.2 Å². The van der Waals surface area contributed by atoms with E-state index in [1.807, 2.05) is 18.2 Å². The van der Waals surface area contributed by atoms with Crippen LogP contribution in [0.2, 0.25) is 0 Å². The first kappa shape index (κ1) is 13.9. The van der Waals surface area contributed by atoms with Crippen molar-refractivity contribution in [3.8, 4) is 0 Å². The van der Waals surface area contributed by atoms with Gasteiger partial charge in [-0.25, -0.2) is 0 Å². The molecule has 2 rings (SSSR count). The molecule has 0 radical (unpaired) electrons. The maximum absolute atomic E-state index is 11.6. The molecular formula is C13H16BrNO2S. The lowest BCUT2D eigenvalue weighted by Crippen LogP contribution is -2.26. The zero-order chi connectivity index (χ0) is 13.1. The van der Waals surface area contributed by atoms with Gasteiger partial charge in [0.05, 0.1) is 11.9 Å². The summed E-state index contributed by atoms with van der Waals surface area (Å²) < 4.78 is 0.921. The second kappa shape index (κ2) is 6.08. The summed E-state index contributed by atoms with van der Waals surface area (Å²) >= 11 is 4.97. The molecule has 1 aliphatic carbocycles. The Kier molecular flexibility index (Phi) is 4.70. The standard InChI is InChI=1S/C13H16BrNO2S/c1-8(16)9-2-5-12(11(14)6-9)18-7-13(17)15-10-3-4-10/h2,5-6,8,10,16H,3-4,7H2,1H3,(H,15,17)/t8-/m1/s1. The van der Waals surface area contributed by atoms with Crippen molar-refractivity contribution in [1.29, 1.82) is 0 Å². The summed E-state index contributed by atoms with van der Waals surface area (Å²) in [5, 5.41) is 12.4. The first-order valence-electron chi connectivity index (χ1n) is 5.96. The van der Waals surface area contributed by atoms with Crippen molar-refractivity contribution in [1.82, 2.24) is 5.32 Å². The molecular weight excluding hydrogens is 314 g/mol. The highest BCUT2D eigenvalue weighted by molar-refractivity contribution is 9.10. The zero-order valence-electron chi connectivity index (χ0n) is 10.1. The number of aliphatic hydroxyl groups is 1. The Morgan fingerprint density at radius 2 is 2.33 bits per heavy atom. The van der Waals surface area contributed by atoms with Gasteiger partial charge >= 0.3 is 0 Å². The van der Waals surface area contributed by atoms with E-state index >= 15 is 0 Å². The monoisotopic (exact) mass is 329 g/mol. The Balaban J connectivity index is 1.90. The quantitative estimate of drug-likeness (QED) is 0.816. The summed E-state index contributed by atoms with van der Waals surface area (Å²) in [7, 11) is 0. The molecule has 0 bridgehead atoms. The lowest BCUT2D eigenvalue weighted by molar-refractivity contribution is -0.118. The molecule has 98 valence electrons. The summed E-state index contributed by atoms with van der Waals surface area (Å²) in [4.78, 5) is 12.6. The van der Waals surface area contributed by atoms with Gasteiger partial charge in [-0.1, -0.05) is 6.07 Å². The van der Waals surface area contributed by atoms with Crippen LogP contribution >= 0.6 is 27.7 Å². The van der Waals surface area contributed by atoms with Crippen LogP contribution < -0.4 is 5.32 Å². The molecule has 2 N–H and O–H groups in total. The Hall–Kier alpha value is -0.520. The Morgan fingerprint density at radius 3 is 2.89 bits per heavy atom. The van der Waals surface area contributed by atoms with Crippen molar-refractivity contribution < 1.29 is 9.90 Å². The lowest BCUT2D eigenvalue weighted by Gasteiger charge is -2.09. The maximum Gasteiger partial charge on any atom is 0.230 e. The summed E-state index contributed by atoms with van der Waals surface area (Å²) in [6.45, 7) is 1.73. The number of hydrogen-bond donors (Lipinski definition) is 2. The van der Waals surface area contributed by atoms with E-state index in [1.54, 1.807) is 6.92 Å². The first-order chi connectivity index (χ1) is 8.56. The van der Waals surface area contributed by atoms with Gasteiger partial charge < -0.3 is 10.4 Å². The predicted molar refractivity (Wildman–Crippen MR) is 76.7 cm³/mol. The lowest BCUT2D eigenvalue weighted by atomic mass is 10.1. The molecule has 1 atom stereocenters. The molecule has 0 aromatic heterocycles. The van der Waals surface area contributed by atoms with Gasteiger partial charge in [0.15, 0.2) is 0 Å². The molecule has 0 heterocycles. The van der Waals surface area contributed by atoms with Crippen LogP contribution in [0.5, 0.6) is 0 Å². The average Bonchev–Trinajstić information content (AvgIpc) is 3.11. The number of aliphatic hydroxyl groups excluding tert-OH is 1. The van der Waals surface area contributed by atoms with Crippen LogP contribution in [-0.2, 0) is 4.79 Å². The first-order valence-corrected chi connectivity index (χ1v) is 7.74. The SMILES string of the molecule is C[C@@H](O)c1ccc(SCC(=O)NC2CC2)c(Br)c1. The number of benzene rings is 1. The molecule has 0 aliphatic heterocycles. The van der Waals surface area contributed by atoms with E-state index in [0.29, 0.717) is 11.8 Å². The Morgan fingerprint density at radius 1 is 1.61 bits per heavy atom. The van der Waals surface area contributed by atoms with Gasteiger partial charge in [0.1, 0.15) is 0 Å². The number of halogens is 1. The van der Waals surface area contributed by atoms with Crippen molar-refractivity contribution >= 4 is 33.6 Å². The van der Waals surface area contributed by atoms with Crippen LogP contribution in [0.15, 0.2) is 27.6 Å². The second-order valence-electron chi connectivity index (χ2n) is 4.50. The third-order valence-electron chi connectivity index (χ3n) is 2.74. The topological polar surface area (TPSA) is 49.3 Å². The summed E-state index contributed by atoms with van der Waals surface area (Å²) in [6, 6.07) is 6.13. The fourth-order valence-corrected chi connectivity index (χ4v) is 3.01. The third-order valence-corrected chi connectivity index (χ3v) is 4.73. The average molecular weight is 330 g/mol. The molecule has 1 amide bonds. The fraction of sp³-hybridized carbons (Fsp3) is 0.462. The predicted octanol–water partition coefficient (Wildman–Crippen LogP) is 2.87. The van der Waals surface area contributed by atoms with Crippen LogP contribution in [0, 0.1) is 0 Å². The number of carbonyl (C=O) groups excluding carboxylic acids is 1. The second-order valence-corrected chi connectivity index (χ2v) is 6.37. The molecule has 0 spiro atoms. The van der Waals surface area contributed by atoms with Crippen LogP contribution in [0.4, 0.5) is 0 Å². The third kappa shape index (κ3) is 4.00. The minimum absolute atomic E-state index is 0.0917. The van der Waals surface area contributed by atoms with E-state index in [4.69, 9.17) is 0 Å². The van der Waals surface area contributed by atoms with Gasteiger partial charge in [0, 0.05) is 15.4 Å². The van der Waals surface area contributed by atoms with Gasteiger partial charge in [-0.05, 0) is 53.4 Å². The van der Waals surface area contributed by atoms with E-state index in [9.17, 15) is 9.90 Å². The van der Waals surface area contributed by atoms with E-state index in [-0.39, 0.29) is 5.91 Å². The van der Waals surface area contributed by atoms with Crippen LogP contribution in [-0.4, -0.2) is 22.8 Å². The van der Waals surface area contributed by atoms with Crippen molar-refractivity contribution in [2.45, 2.75) is 36.8 Å². The minimum atomic E-state index is -0.474. The van der Waals surface area contributed by atoms with Gasteiger partial charge in [0.2, 0.25) is 5.91 Å². The number of amides is 1.